The largest absolute Gasteiger partial charge is 0.325 e. The number of carbonyl (C=O) groups excluding carboxylic acids is 1. The Morgan fingerprint density at radius 2 is 1.81 bits per heavy atom. The van der Waals surface area contributed by atoms with Crippen LogP contribution in [0.5, 0.6) is 0 Å². The van der Waals surface area contributed by atoms with Gasteiger partial charge in [-0.1, -0.05) is 23.7 Å². The van der Waals surface area contributed by atoms with Crippen LogP contribution in [0.3, 0.4) is 0 Å². The van der Waals surface area contributed by atoms with Gasteiger partial charge in [0.05, 0.1) is 15.6 Å². The minimum absolute atomic E-state index is 0.0222. The summed E-state index contributed by atoms with van der Waals surface area (Å²) >= 11 is 6.09. The molecule has 0 aliphatic heterocycles. The number of sulfonamides is 1. The van der Waals surface area contributed by atoms with Crippen molar-refractivity contribution in [3.05, 3.63) is 58.1 Å². The first kappa shape index (κ1) is 19.9. The zero-order valence-corrected chi connectivity index (χ0v) is 16.8. The van der Waals surface area contributed by atoms with Gasteiger partial charge < -0.3 is 5.32 Å². The monoisotopic (exact) mass is 406 g/mol. The van der Waals surface area contributed by atoms with E-state index in [1.165, 1.54) is 5.56 Å². The number of carbonyl (C=O) groups is 1. The topological polar surface area (TPSA) is 75.3 Å². The molecule has 0 spiro atoms. The van der Waals surface area contributed by atoms with E-state index in [2.05, 4.69) is 10.0 Å². The number of fused-ring (bicyclic) bond motifs is 1. The lowest BCUT2D eigenvalue weighted by Gasteiger charge is -2.16. The Labute approximate surface area is 165 Å². The van der Waals surface area contributed by atoms with Gasteiger partial charge in [0.1, 0.15) is 0 Å². The predicted molar refractivity (Wildman–Crippen MR) is 108 cm³/mol. The molecule has 7 heteroatoms. The summed E-state index contributed by atoms with van der Waals surface area (Å²) in [4.78, 5) is 12.3. The van der Waals surface area contributed by atoms with Crippen molar-refractivity contribution in [1.29, 1.82) is 0 Å². The van der Waals surface area contributed by atoms with Gasteiger partial charge in [-0.15, -0.1) is 0 Å². The number of hydrogen-bond acceptors (Lipinski definition) is 3. The van der Waals surface area contributed by atoms with Crippen LogP contribution in [0.2, 0.25) is 5.02 Å². The van der Waals surface area contributed by atoms with E-state index in [9.17, 15) is 13.2 Å². The maximum Gasteiger partial charge on any atom is 0.240 e. The van der Waals surface area contributed by atoms with Gasteiger partial charge in [-0.2, -0.15) is 0 Å². The summed E-state index contributed by atoms with van der Waals surface area (Å²) in [6.07, 6.45) is 4.18. The summed E-state index contributed by atoms with van der Waals surface area (Å²) in [6.45, 7) is 1.93. The van der Waals surface area contributed by atoms with Crippen molar-refractivity contribution in [2.75, 3.05) is 11.9 Å². The maximum atomic E-state index is 12.5. The third kappa shape index (κ3) is 5.09. The van der Waals surface area contributed by atoms with Crippen LogP contribution >= 0.6 is 11.6 Å². The summed E-state index contributed by atoms with van der Waals surface area (Å²) in [5, 5.41) is 3.16. The quantitative estimate of drug-likeness (QED) is 0.765. The average Bonchev–Trinajstić information content (AvgIpc) is 2.63. The number of hydrogen-bond donors (Lipinski definition) is 2. The second-order valence-electron chi connectivity index (χ2n) is 6.82. The van der Waals surface area contributed by atoms with Crippen LogP contribution in [0.4, 0.5) is 5.69 Å². The Hall–Kier alpha value is -1.89. The van der Waals surface area contributed by atoms with Gasteiger partial charge in [-0.05, 0) is 73.6 Å². The van der Waals surface area contributed by atoms with Gasteiger partial charge in [-0.3, -0.25) is 4.79 Å². The lowest BCUT2D eigenvalue weighted by molar-refractivity contribution is -0.116. The van der Waals surface area contributed by atoms with E-state index in [4.69, 9.17) is 11.6 Å². The molecule has 1 amide bonds. The molecule has 0 heterocycles. The predicted octanol–water partition coefficient (Wildman–Crippen LogP) is 3.83. The van der Waals surface area contributed by atoms with Crippen LogP contribution in [0, 0.1) is 6.92 Å². The molecule has 0 radical (unpaired) electrons. The van der Waals surface area contributed by atoms with Crippen LogP contribution in [0.1, 0.15) is 36.0 Å². The molecule has 0 unspecified atom stereocenters. The number of amides is 1. The normalized spacial score (nSPS) is 13.9. The highest BCUT2D eigenvalue weighted by atomic mass is 35.5. The van der Waals surface area contributed by atoms with E-state index in [0.29, 0.717) is 10.7 Å². The fourth-order valence-corrected chi connectivity index (χ4v) is 4.56. The average molecular weight is 407 g/mol. The van der Waals surface area contributed by atoms with E-state index in [-0.39, 0.29) is 23.8 Å². The molecule has 0 aromatic heterocycles. The van der Waals surface area contributed by atoms with Crippen molar-refractivity contribution < 1.29 is 13.2 Å². The second-order valence-corrected chi connectivity index (χ2v) is 8.99. The standard InChI is InChI=1S/C20H23ClN2O3S/c1-14-6-9-19(18(21)12-14)23-20(24)10-11-22-27(25,26)17-8-7-15-4-2-3-5-16(15)13-17/h6-9,12-13,22H,2-5,10-11H2,1H3,(H,23,24). The summed E-state index contributed by atoms with van der Waals surface area (Å²) in [5.74, 6) is -0.297. The Bertz CT molecular complexity index is 958. The first-order chi connectivity index (χ1) is 12.8. The molecular formula is C20H23ClN2O3S. The second kappa shape index (κ2) is 8.42. The Balaban J connectivity index is 1.56. The van der Waals surface area contributed by atoms with Gasteiger partial charge in [-0.25, -0.2) is 13.1 Å². The number of nitrogens with one attached hydrogen (secondary N) is 2. The summed E-state index contributed by atoms with van der Waals surface area (Å²) < 4.78 is 27.5. The van der Waals surface area contributed by atoms with Gasteiger partial charge in [0.25, 0.3) is 0 Å². The first-order valence-electron chi connectivity index (χ1n) is 9.02. The maximum absolute atomic E-state index is 12.5. The number of aryl methyl sites for hydroxylation is 3. The highest BCUT2D eigenvalue weighted by Gasteiger charge is 2.18. The van der Waals surface area contributed by atoms with E-state index in [1.807, 2.05) is 19.1 Å². The molecule has 2 N–H and O–H groups in total. The highest BCUT2D eigenvalue weighted by molar-refractivity contribution is 7.89. The molecule has 0 atom stereocenters. The highest BCUT2D eigenvalue weighted by Crippen LogP contribution is 2.24. The smallest absolute Gasteiger partial charge is 0.240 e. The molecule has 0 saturated carbocycles. The van der Waals surface area contributed by atoms with Gasteiger partial charge in [0.15, 0.2) is 0 Å². The van der Waals surface area contributed by atoms with Crippen LogP contribution in [0.25, 0.3) is 0 Å². The van der Waals surface area contributed by atoms with Crippen molar-refractivity contribution in [3.8, 4) is 0 Å². The van der Waals surface area contributed by atoms with Gasteiger partial charge >= 0.3 is 0 Å². The molecule has 1 aliphatic carbocycles. The summed E-state index contributed by atoms with van der Waals surface area (Å²) in [6, 6.07) is 10.6. The van der Waals surface area contributed by atoms with Crippen LogP contribution in [-0.4, -0.2) is 20.9 Å². The van der Waals surface area contributed by atoms with E-state index < -0.39 is 10.0 Å². The molecule has 2 aromatic rings. The zero-order valence-electron chi connectivity index (χ0n) is 15.2. The van der Waals surface area contributed by atoms with Crippen molar-refractivity contribution in [2.45, 2.75) is 43.9 Å². The Morgan fingerprint density at radius 1 is 1.07 bits per heavy atom. The molecule has 3 rings (SSSR count). The summed E-state index contributed by atoms with van der Waals surface area (Å²) in [7, 11) is -3.63. The van der Waals surface area contributed by atoms with Crippen molar-refractivity contribution in [2.24, 2.45) is 0 Å². The number of benzene rings is 2. The zero-order chi connectivity index (χ0) is 19.4. The third-order valence-corrected chi connectivity index (χ3v) is 6.44. The molecule has 2 aromatic carbocycles. The summed E-state index contributed by atoms with van der Waals surface area (Å²) in [5.41, 5.74) is 3.85. The lowest BCUT2D eigenvalue weighted by atomic mass is 9.92. The van der Waals surface area contributed by atoms with Gasteiger partial charge in [0, 0.05) is 13.0 Å². The van der Waals surface area contributed by atoms with Crippen molar-refractivity contribution >= 4 is 33.2 Å². The molecule has 0 saturated heterocycles. The Kier molecular flexibility index (Phi) is 6.19. The minimum Gasteiger partial charge on any atom is -0.325 e. The molecule has 27 heavy (non-hydrogen) atoms. The number of anilines is 1. The number of halogens is 1. The molecular weight excluding hydrogens is 384 g/mol. The lowest BCUT2D eigenvalue weighted by Crippen LogP contribution is -2.28. The van der Waals surface area contributed by atoms with E-state index in [1.54, 1.807) is 24.3 Å². The van der Waals surface area contributed by atoms with E-state index in [0.717, 1.165) is 36.8 Å². The van der Waals surface area contributed by atoms with Crippen LogP contribution in [-0.2, 0) is 27.7 Å². The molecule has 144 valence electrons. The van der Waals surface area contributed by atoms with Gasteiger partial charge in [0.2, 0.25) is 15.9 Å². The van der Waals surface area contributed by atoms with Crippen LogP contribution in [0.15, 0.2) is 41.3 Å². The van der Waals surface area contributed by atoms with Crippen molar-refractivity contribution in [1.82, 2.24) is 4.72 Å². The molecule has 0 fully saturated rings. The third-order valence-electron chi connectivity index (χ3n) is 4.67. The fourth-order valence-electron chi connectivity index (χ4n) is 3.19. The first-order valence-corrected chi connectivity index (χ1v) is 10.9. The number of rotatable bonds is 6. The molecule has 0 bridgehead atoms. The minimum atomic E-state index is -3.63. The molecule has 5 nitrogen and oxygen atoms in total. The van der Waals surface area contributed by atoms with Crippen LogP contribution < -0.4 is 10.0 Å². The van der Waals surface area contributed by atoms with Crippen molar-refractivity contribution in [3.63, 3.8) is 0 Å². The molecule has 1 aliphatic rings. The SMILES string of the molecule is Cc1ccc(NC(=O)CCNS(=O)(=O)c2ccc3c(c2)CCCC3)c(Cl)c1. The fraction of sp³-hybridized carbons (Fsp3) is 0.350. The van der Waals surface area contributed by atoms with E-state index >= 15 is 0 Å². The Morgan fingerprint density at radius 3 is 2.56 bits per heavy atom.